The second-order valence-electron chi connectivity index (χ2n) is 7.83. The van der Waals surface area contributed by atoms with E-state index in [4.69, 9.17) is 16.2 Å². The number of rotatable bonds is 10. The zero-order chi connectivity index (χ0) is 24.0. The van der Waals surface area contributed by atoms with Crippen LogP contribution in [0.25, 0.3) is 11.3 Å². The summed E-state index contributed by atoms with van der Waals surface area (Å²) in [5.41, 5.74) is 4.66. The van der Waals surface area contributed by atoms with E-state index in [1.54, 1.807) is 24.3 Å². The van der Waals surface area contributed by atoms with Crippen molar-refractivity contribution in [3.63, 3.8) is 0 Å². The molecule has 1 unspecified atom stereocenters. The van der Waals surface area contributed by atoms with Crippen LogP contribution < -0.4 is 5.32 Å². The van der Waals surface area contributed by atoms with Crippen molar-refractivity contribution in [1.29, 1.82) is 0 Å². The van der Waals surface area contributed by atoms with Gasteiger partial charge in [0.05, 0.1) is 17.0 Å². The van der Waals surface area contributed by atoms with Gasteiger partial charge in [0, 0.05) is 35.6 Å². The van der Waals surface area contributed by atoms with E-state index >= 15 is 0 Å². The van der Waals surface area contributed by atoms with Gasteiger partial charge < -0.3 is 19.3 Å². The summed E-state index contributed by atoms with van der Waals surface area (Å²) in [5, 5.41) is 3.58. The van der Waals surface area contributed by atoms with E-state index in [1.807, 2.05) is 37.4 Å². The number of nitrogens with one attached hydrogen (secondary N) is 1. The van der Waals surface area contributed by atoms with E-state index in [0.717, 1.165) is 48.6 Å². The summed E-state index contributed by atoms with van der Waals surface area (Å²) in [5.74, 6) is -0.148. The summed E-state index contributed by atoms with van der Waals surface area (Å²) < 4.78 is 22.1. The predicted molar refractivity (Wildman–Crippen MR) is 136 cm³/mol. The van der Waals surface area contributed by atoms with E-state index in [2.05, 4.69) is 28.6 Å². The average Bonchev–Trinajstić information content (AvgIpc) is 3.12. The van der Waals surface area contributed by atoms with Gasteiger partial charge in [0.15, 0.2) is 11.1 Å². The molecule has 3 aromatic rings. The highest BCUT2D eigenvalue weighted by atomic mass is 35.5. The Hall–Kier alpha value is -2.45. The van der Waals surface area contributed by atoms with E-state index in [9.17, 15) is 9.00 Å². The van der Waals surface area contributed by atoms with Gasteiger partial charge in [0.2, 0.25) is 0 Å². The Kier molecular flexibility index (Phi) is 8.86. The van der Waals surface area contributed by atoms with Crippen molar-refractivity contribution in [1.82, 2.24) is 9.47 Å². The first-order valence-corrected chi connectivity index (χ1v) is 12.6. The highest BCUT2D eigenvalue weighted by Gasteiger charge is 2.21. The minimum atomic E-state index is -1.90. The zero-order valence-corrected chi connectivity index (χ0v) is 20.7. The van der Waals surface area contributed by atoms with Gasteiger partial charge in [-0.1, -0.05) is 55.8 Å². The molecule has 3 rings (SSSR count). The molecule has 2 aromatic carbocycles. The molecule has 1 amide bonds. The van der Waals surface area contributed by atoms with Gasteiger partial charge in [-0.15, -0.1) is 0 Å². The zero-order valence-electron chi connectivity index (χ0n) is 19.2. The number of hydrogen-bond donors (Lipinski definition) is 2. The molecule has 176 valence electrons. The number of nitrogens with zero attached hydrogens (tertiary/aromatic N) is 2. The minimum Gasteiger partial charge on any atom is -0.345 e. The van der Waals surface area contributed by atoms with Gasteiger partial charge in [-0.05, 0) is 49.3 Å². The van der Waals surface area contributed by atoms with E-state index in [1.165, 1.54) is 0 Å². The van der Waals surface area contributed by atoms with Crippen molar-refractivity contribution >= 4 is 34.3 Å². The van der Waals surface area contributed by atoms with Gasteiger partial charge in [0.1, 0.15) is 0 Å². The van der Waals surface area contributed by atoms with Gasteiger partial charge in [-0.2, -0.15) is 0 Å². The van der Waals surface area contributed by atoms with Crippen LogP contribution >= 0.6 is 11.6 Å². The van der Waals surface area contributed by atoms with Crippen molar-refractivity contribution in [3.05, 3.63) is 76.4 Å². The molecule has 0 radical (unpaired) electrons. The van der Waals surface area contributed by atoms with Gasteiger partial charge in [-0.25, -0.2) is 4.21 Å². The molecule has 1 heterocycles. The molecule has 0 aliphatic carbocycles. The summed E-state index contributed by atoms with van der Waals surface area (Å²) in [4.78, 5) is 15.5. The summed E-state index contributed by atoms with van der Waals surface area (Å²) in [7, 11) is 0. The summed E-state index contributed by atoms with van der Waals surface area (Å²) in [6, 6.07) is 14.6. The minimum absolute atomic E-state index is 0.0594. The monoisotopic (exact) mass is 487 g/mol. The van der Waals surface area contributed by atoms with Crippen LogP contribution in [0.4, 0.5) is 5.69 Å². The van der Waals surface area contributed by atoms with Crippen LogP contribution in [0.2, 0.25) is 5.02 Å². The van der Waals surface area contributed by atoms with Crippen molar-refractivity contribution < 1.29 is 13.6 Å². The van der Waals surface area contributed by atoms with Crippen molar-refractivity contribution in [2.75, 3.05) is 25.0 Å². The Labute approximate surface area is 202 Å². The number of benzene rings is 2. The standard InChI is InChI=1S/C25H30ClN3O3S/c1-4-28(5-2)14-15-29-16-22(18(3)24(29)21-8-6-7-9-23(21)26)25(30)27-20-12-10-19(11-13-20)17-33(31)32/h6-13,16H,4-5,14-15,17H2,1-3H3,(H,27,30)(H,31,32). The summed E-state index contributed by atoms with van der Waals surface area (Å²) in [6.45, 7) is 9.76. The van der Waals surface area contributed by atoms with E-state index < -0.39 is 11.1 Å². The van der Waals surface area contributed by atoms with Crippen molar-refractivity contribution in [3.8, 4) is 11.3 Å². The first kappa shape index (κ1) is 25.2. The third-order valence-electron chi connectivity index (χ3n) is 5.76. The lowest BCUT2D eigenvalue weighted by Gasteiger charge is -2.19. The van der Waals surface area contributed by atoms with E-state index in [-0.39, 0.29) is 11.7 Å². The van der Waals surface area contributed by atoms with Gasteiger partial charge in [0.25, 0.3) is 5.91 Å². The maximum absolute atomic E-state index is 13.2. The third-order valence-corrected chi connectivity index (χ3v) is 6.67. The number of anilines is 1. The van der Waals surface area contributed by atoms with E-state index in [0.29, 0.717) is 16.3 Å². The quantitative estimate of drug-likeness (QED) is 0.374. The largest absolute Gasteiger partial charge is 0.345 e. The number of aromatic nitrogens is 1. The highest BCUT2D eigenvalue weighted by molar-refractivity contribution is 7.78. The normalized spacial score (nSPS) is 12.2. The molecule has 33 heavy (non-hydrogen) atoms. The maximum Gasteiger partial charge on any atom is 0.257 e. The fraction of sp³-hybridized carbons (Fsp3) is 0.320. The maximum atomic E-state index is 13.2. The summed E-state index contributed by atoms with van der Waals surface area (Å²) >= 11 is 4.63. The number of carbonyl (C=O) groups is 1. The fourth-order valence-electron chi connectivity index (χ4n) is 3.89. The Morgan fingerprint density at radius 3 is 2.39 bits per heavy atom. The first-order valence-electron chi connectivity index (χ1n) is 11.0. The smallest absolute Gasteiger partial charge is 0.257 e. The van der Waals surface area contributed by atoms with Crippen LogP contribution in [-0.4, -0.2) is 43.8 Å². The molecule has 1 atom stereocenters. The fourth-order valence-corrected chi connectivity index (χ4v) is 4.59. The second-order valence-corrected chi connectivity index (χ2v) is 9.17. The molecule has 0 aliphatic rings. The SMILES string of the molecule is CCN(CC)CCn1cc(C(=O)Nc2ccc(CS(=O)O)cc2)c(C)c1-c1ccccc1Cl. The summed E-state index contributed by atoms with van der Waals surface area (Å²) in [6.07, 6.45) is 1.90. The Bertz CT molecular complexity index is 1120. The Morgan fingerprint density at radius 2 is 1.79 bits per heavy atom. The number of halogens is 1. The molecular weight excluding hydrogens is 458 g/mol. The van der Waals surface area contributed by atoms with Crippen LogP contribution in [-0.2, 0) is 23.4 Å². The number of hydrogen-bond acceptors (Lipinski definition) is 3. The average molecular weight is 488 g/mol. The molecule has 0 spiro atoms. The molecule has 0 bridgehead atoms. The molecule has 0 saturated heterocycles. The number of likely N-dealkylation sites (N-methyl/N-ethyl adjacent to an activating group) is 1. The van der Waals surface area contributed by atoms with Crippen LogP contribution in [0.15, 0.2) is 54.7 Å². The molecule has 0 saturated carbocycles. The van der Waals surface area contributed by atoms with Crippen LogP contribution in [0.5, 0.6) is 0 Å². The lowest BCUT2D eigenvalue weighted by Crippen LogP contribution is -2.27. The molecule has 0 aliphatic heterocycles. The van der Waals surface area contributed by atoms with Crippen LogP contribution in [0.3, 0.4) is 0 Å². The van der Waals surface area contributed by atoms with Crippen LogP contribution in [0.1, 0.15) is 35.3 Å². The molecular formula is C25H30ClN3O3S. The second kappa shape index (κ2) is 11.6. The molecule has 1 aromatic heterocycles. The first-order chi connectivity index (χ1) is 15.8. The van der Waals surface area contributed by atoms with Crippen molar-refractivity contribution in [2.45, 2.75) is 33.1 Å². The predicted octanol–water partition coefficient (Wildman–Crippen LogP) is 5.43. The molecule has 0 fully saturated rings. The Balaban J connectivity index is 1.91. The van der Waals surface area contributed by atoms with Gasteiger partial charge >= 0.3 is 0 Å². The van der Waals surface area contributed by atoms with Crippen molar-refractivity contribution in [2.24, 2.45) is 0 Å². The molecule has 8 heteroatoms. The highest BCUT2D eigenvalue weighted by Crippen LogP contribution is 2.33. The van der Waals surface area contributed by atoms with Crippen LogP contribution in [0, 0.1) is 6.92 Å². The molecule has 6 nitrogen and oxygen atoms in total. The lowest BCUT2D eigenvalue weighted by molar-refractivity contribution is 0.102. The topological polar surface area (TPSA) is 74.6 Å². The molecule has 2 N–H and O–H groups in total. The van der Waals surface area contributed by atoms with Gasteiger partial charge in [-0.3, -0.25) is 4.79 Å². The third kappa shape index (κ3) is 6.32. The number of amides is 1. The Morgan fingerprint density at radius 1 is 1.12 bits per heavy atom. The lowest BCUT2D eigenvalue weighted by atomic mass is 10.1. The number of carbonyl (C=O) groups excluding carboxylic acids is 1.